The van der Waals surface area contributed by atoms with Crippen LogP contribution in [-0.4, -0.2) is 46.7 Å². The standard InChI is InChI=1S/C22H19N3O4S2/c1-13-2-4-14(5-3-13)10-18-21(28)25(22(29)31-18)9-8-23-20(27)15-6-7-17-16(11-15)24-19(26)12-30-17/h2-7,10-11H,8-9,12H2,1H3,(H,23,27)(H,24,26). The van der Waals surface area contributed by atoms with E-state index in [0.717, 1.165) is 32.7 Å². The minimum atomic E-state index is -0.363. The Hall–Kier alpha value is -3.04. The maximum atomic E-state index is 12.6. The number of hydrogen-bond donors (Lipinski definition) is 2. The van der Waals surface area contributed by atoms with Gasteiger partial charge in [0.05, 0.1) is 16.3 Å². The minimum absolute atomic E-state index is 0.0825. The molecule has 0 bridgehead atoms. The number of hydrogen-bond acceptors (Lipinski definition) is 6. The Morgan fingerprint density at radius 1 is 1.16 bits per heavy atom. The van der Waals surface area contributed by atoms with Crippen LogP contribution in [0.25, 0.3) is 6.08 Å². The molecular formula is C22H19N3O4S2. The largest absolute Gasteiger partial charge is 0.350 e. The summed E-state index contributed by atoms with van der Waals surface area (Å²) in [5, 5.41) is 5.12. The van der Waals surface area contributed by atoms with E-state index in [9.17, 15) is 19.2 Å². The van der Waals surface area contributed by atoms with Crippen molar-refractivity contribution in [2.24, 2.45) is 0 Å². The van der Waals surface area contributed by atoms with Crippen molar-refractivity contribution in [1.82, 2.24) is 10.2 Å². The van der Waals surface area contributed by atoms with Crippen LogP contribution in [0.4, 0.5) is 10.5 Å². The van der Waals surface area contributed by atoms with E-state index in [1.54, 1.807) is 24.3 Å². The van der Waals surface area contributed by atoms with Gasteiger partial charge in [-0.2, -0.15) is 0 Å². The number of carbonyl (C=O) groups is 4. The molecule has 2 heterocycles. The number of carbonyl (C=O) groups excluding carboxylic acids is 4. The predicted octanol–water partition coefficient (Wildman–Crippen LogP) is 3.51. The van der Waals surface area contributed by atoms with Crippen molar-refractivity contribution in [2.45, 2.75) is 11.8 Å². The molecule has 0 aromatic heterocycles. The summed E-state index contributed by atoms with van der Waals surface area (Å²) in [6, 6.07) is 12.8. The van der Waals surface area contributed by atoms with Crippen molar-refractivity contribution in [3.05, 3.63) is 64.1 Å². The number of imide groups is 1. The van der Waals surface area contributed by atoms with E-state index in [1.165, 1.54) is 11.8 Å². The Balaban J connectivity index is 1.35. The summed E-state index contributed by atoms with van der Waals surface area (Å²) in [5.41, 5.74) is 2.97. The summed E-state index contributed by atoms with van der Waals surface area (Å²) in [4.78, 5) is 51.2. The fourth-order valence-electron chi connectivity index (χ4n) is 3.11. The minimum Gasteiger partial charge on any atom is -0.350 e. The number of benzene rings is 2. The second-order valence-corrected chi connectivity index (χ2v) is 9.06. The van der Waals surface area contributed by atoms with Gasteiger partial charge in [-0.05, 0) is 48.5 Å². The second-order valence-electron chi connectivity index (χ2n) is 7.05. The lowest BCUT2D eigenvalue weighted by Crippen LogP contribution is -2.37. The van der Waals surface area contributed by atoms with Crippen LogP contribution in [0.2, 0.25) is 0 Å². The molecule has 0 atom stereocenters. The van der Waals surface area contributed by atoms with Gasteiger partial charge in [-0.25, -0.2) is 0 Å². The highest BCUT2D eigenvalue weighted by Gasteiger charge is 2.34. The molecule has 2 aromatic rings. The first-order chi connectivity index (χ1) is 14.9. The molecule has 2 aromatic carbocycles. The van der Waals surface area contributed by atoms with Gasteiger partial charge in [0.2, 0.25) is 5.91 Å². The molecule has 1 fully saturated rings. The number of thioether (sulfide) groups is 2. The first kappa shape index (κ1) is 21.2. The summed E-state index contributed by atoms with van der Waals surface area (Å²) in [6.07, 6.45) is 1.70. The fraction of sp³-hybridized carbons (Fsp3) is 0.182. The summed E-state index contributed by atoms with van der Waals surface area (Å²) in [5.74, 6) is -0.448. The van der Waals surface area contributed by atoms with Crippen molar-refractivity contribution < 1.29 is 19.2 Å². The van der Waals surface area contributed by atoms with Crippen LogP contribution in [0.15, 0.2) is 52.3 Å². The molecule has 4 amide bonds. The Morgan fingerprint density at radius 3 is 2.71 bits per heavy atom. The van der Waals surface area contributed by atoms with Crippen LogP contribution < -0.4 is 10.6 Å². The van der Waals surface area contributed by atoms with E-state index in [-0.39, 0.29) is 36.1 Å². The molecular weight excluding hydrogens is 434 g/mol. The van der Waals surface area contributed by atoms with Crippen LogP contribution in [-0.2, 0) is 9.59 Å². The van der Waals surface area contributed by atoms with Gasteiger partial charge in [0, 0.05) is 23.5 Å². The normalized spacial score (nSPS) is 17.0. The van der Waals surface area contributed by atoms with Crippen molar-refractivity contribution in [1.29, 1.82) is 0 Å². The quantitative estimate of drug-likeness (QED) is 0.673. The first-order valence-corrected chi connectivity index (χ1v) is 11.4. The Kier molecular flexibility index (Phi) is 6.15. The topological polar surface area (TPSA) is 95.6 Å². The van der Waals surface area contributed by atoms with Gasteiger partial charge in [-0.3, -0.25) is 24.1 Å². The van der Waals surface area contributed by atoms with Gasteiger partial charge >= 0.3 is 0 Å². The zero-order chi connectivity index (χ0) is 22.0. The molecule has 0 saturated carbocycles. The van der Waals surface area contributed by atoms with E-state index in [4.69, 9.17) is 0 Å². The third-order valence-corrected chi connectivity index (χ3v) is 6.73. The van der Waals surface area contributed by atoms with Gasteiger partial charge in [-0.1, -0.05) is 29.8 Å². The van der Waals surface area contributed by atoms with E-state index < -0.39 is 0 Å². The predicted molar refractivity (Wildman–Crippen MR) is 122 cm³/mol. The van der Waals surface area contributed by atoms with Crippen LogP contribution >= 0.6 is 23.5 Å². The molecule has 0 spiro atoms. The molecule has 31 heavy (non-hydrogen) atoms. The van der Waals surface area contributed by atoms with Crippen LogP contribution in [0.3, 0.4) is 0 Å². The Bertz CT molecular complexity index is 1110. The molecule has 0 unspecified atom stereocenters. The van der Waals surface area contributed by atoms with E-state index in [0.29, 0.717) is 21.9 Å². The van der Waals surface area contributed by atoms with Gasteiger partial charge in [-0.15, -0.1) is 11.8 Å². The average molecular weight is 454 g/mol. The molecule has 1 saturated heterocycles. The Labute approximate surface area is 187 Å². The third-order valence-electron chi connectivity index (χ3n) is 4.74. The average Bonchev–Trinajstić information content (AvgIpc) is 3.02. The van der Waals surface area contributed by atoms with Gasteiger partial charge in [0.1, 0.15) is 0 Å². The van der Waals surface area contributed by atoms with Crippen molar-refractivity contribution in [3.63, 3.8) is 0 Å². The second kappa shape index (κ2) is 8.99. The van der Waals surface area contributed by atoms with Gasteiger partial charge < -0.3 is 10.6 Å². The molecule has 7 nitrogen and oxygen atoms in total. The lowest BCUT2D eigenvalue weighted by atomic mass is 10.1. The molecule has 9 heteroatoms. The maximum Gasteiger partial charge on any atom is 0.293 e. The molecule has 4 rings (SSSR count). The maximum absolute atomic E-state index is 12.6. The van der Waals surface area contributed by atoms with Crippen molar-refractivity contribution >= 4 is 58.2 Å². The van der Waals surface area contributed by atoms with E-state index in [1.807, 2.05) is 31.2 Å². The number of rotatable bonds is 5. The summed E-state index contributed by atoms with van der Waals surface area (Å²) < 4.78 is 0. The SMILES string of the molecule is Cc1ccc(C=C2SC(=O)N(CCNC(=O)c3ccc4c(c3)NC(=O)CS4)C2=O)cc1. The van der Waals surface area contributed by atoms with Gasteiger partial charge in [0.15, 0.2) is 0 Å². The molecule has 0 radical (unpaired) electrons. The number of amides is 4. The summed E-state index contributed by atoms with van der Waals surface area (Å²) in [6.45, 7) is 2.19. The monoisotopic (exact) mass is 453 g/mol. The lowest BCUT2D eigenvalue weighted by molar-refractivity contribution is -0.122. The number of fused-ring (bicyclic) bond motifs is 1. The van der Waals surface area contributed by atoms with Crippen LogP contribution in [0.1, 0.15) is 21.5 Å². The van der Waals surface area contributed by atoms with Crippen molar-refractivity contribution in [2.75, 3.05) is 24.2 Å². The highest BCUT2D eigenvalue weighted by Crippen LogP contribution is 2.33. The highest BCUT2D eigenvalue weighted by atomic mass is 32.2. The summed E-state index contributed by atoms with van der Waals surface area (Å²) >= 11 is 2.32. The highest BCUT2D eigenvalue weighted by molar-refractivity contribution is 8.18. The number of aryl methyl sites for hydroxylation is 1. The van der Waals surface area contributed by atoms with E-state index in [2.05, 4.69) is 10.6 Å². The molecule has 2 N–H and O–H groups in total. The smallest absolute Gasteiger partial charge is 0.293 e. The molecule has 2 aliphatic heterocycles. The fourth-order valence-corrected chi connectivity index (χ4v) is 4.77. The molecule has 0 aliphatic carbocycles. The zero-order valence-electron chi connectivity index (χ0n) is 16.6. The van der Waals surface area contributed by atoms with Crippen LogP contribution in [0, 0.1) is 6.92 Å². The Morgan fingerprint density at radius 2 is 1.94 bits per heavy atom. The lowest BCUT2D eigenvalue weighted by Gasteiger charge is -2.17. The number of nitrogens with zero attached hydrogens (tertiary/aromatic N) is 1. The van der Waals surface area contributed by atoms with Gasteiger partial charge in [0.25, 0.3) is 17.1 Å². The number of anilines is 1. The third kappa shape index (κ3) is 4.83. The van der Waals surface area contributed by atoms with Crippen LogP contribution in [0.5, 0.6) is 0 Å². The molecule has 158 valence electrons. The zero-order valence-corrected chi connectivity index (χ0v) is 18.3. The summed E-state index contributed by atoms with van der Waals surface area (Å²) in [7, 11) is 0. The van der Waals surface area contributed by atoms with Crippen molar-refractivity contribution in [3.8, 4) is 0 Å². The molecule has 2 aliphatic rings. The first-order valence-electron chi connectivity index (χ1n) is 9.57. The number of nitrogens with one attached hydrogen (secondary N) is 2. The van der Waals surface area contributed by atoms with E-state index >= 15 is 0 Å².